The molecule has 0 amide bonds. The molecular formula is C13H21N. The zero-order valence-electron chi connectivity index (χ0n) is 9.89. The molecule has 1 rings (SSSR count). The standard InChI is InChI=1S/C13H21N/c1-10(14-5)11-8-6-7-9-12(11)13(2,3)4/h6-10,14H,1-5H3. The summed E-state index contributed by atoms with van der Waals surface area (Å²) < 4.78 is 0. The van der Waals surface area contributed by atoms with E-state index in [0.29, 0.717) is 6.04 Å². The van der Waals surface area contributed by atoms with E-state index in [1.165, 1.54) is 11.1 Å². The Morgan fingerprint density at radius 2 is 1.71 bits per heavy atom. The Morgan fingerprint density at radius 3 is 2.21 bits per heavy atom. The molecule has 0 heterocycles. The summed E-state index contributed by atoms with van der Waals surface area (Å²) in [5, 5.41) is 3.29. The van der Waals surface area contributed by atoms with Gasteiger partial charge in [-0.1, -0.05) is 45.0 Å². The van der Waals surface area contributed by atoms with Crippen molar-refractivity contribution in [3.63, 3.8) is 0 Å². The Bertz CT molecular complexity index is 296. The fourth-order valence-electron chi connectivity index (χ4n) is 1.71. The van der Waals surface area contributed by atoms with Crippen LogP contribution in [0.4, 0.5) is 0 Å². The third-order valence-electron chi connectivity index (χ3n) is 2.67. The quantitative estimate of drug-likeness (QED) is 0.756. The van der Waals surface area contributed by atoms with Gasteiger partial charge >= 0.3 is 0 Å². The van der Waals surface area contributed by atoms with Crippen LogP contribution in [0, 0.1) is 0 Å². The van der Waals surface area contributed by atoms with Crippen molar-refractivity contribution in [2.75, 3.05) is 7.05 Å². The van der Waals surface area contributed by atoms with E-state index in [1.807, 2.05) is 7.05 Å². The first-order valence-electron chi connectivity index (χ1n) is 5.23. The molecule has 78 valence electrons. The summed E-state index contributed by atoms with van der Waals surface area (Å²) >= 11 is 0. The fourth-order valence-corrected chi connectivity index (χ4v) is 1.71. The zero-order chi connectivity index (χ0) is 10.8. The van der Waals surface area contributed by atoms with Gasteiger partial charge in [0, 0.05) is 6.04 Å². The summed E-state index contributed by atoms with van der Waals surface area (Å²) in [6.45, 7) is 8.97. The van der Waals surface area contributed by atoms with Gasteiger partial charge in [-0.05, 0) is 30.5 Å². The average Bonchev–Trinajstić information content (AvgIpc) is 2.15. The summed E-state index contributed by atoms with van der Waals surface area (Å²) in [7, 11) is 2.00. The third-order valence-corrected chi connectivity index (χ3v) is 2.67. The molecule has 1 atom stereocenters. The van der Waals surface area contributed by atoms with E-state index < -0.39 is 0 Å². The van der Waals surface area contributed by atoms with Crippen LogP contribution in [-0.2, 0) is 5.41 Å². The second-order valence-electron chi connectivity index (χ2n) is 4.85. The van der Waals surface area contributed by atoms with Crippen molar-refractivity contribution < 1.29 is 0 Å². The van der Waals surface area contributed by atoms with Gasteiger partial charge in [-0.3, -0.25) is 0 Å². The van der Waals surface area contributed by atoms with Crippen LogP contribution in [0.3, 0.4) is 0 Å². The van der Waals surface area contributed by atoms with Crippen LogP contribution in [0.15, 0.2) is 24.3 Å². The molecule has 0 radical (unpaired) electrons. The van der Waals surface area contributed by atoms with E-state index in [2.05, 4.69) is 57.3 Å². The predicted molar refractivity (Wildman–Crippen MR) is 62.6 cm³/mol. The molecule has 0 aromatic heterocycles. The largest absolute Gasteiger partial charge is 0.313 e. The molecule has 0 bridgehead atoms. The topological polar surface area (TPSA) is 12.0 Å². The van der Waals surface area contributed by atoms with Crippen LogP contribution >= 0.6 is 0 Å². The van der Waals surface area contributed by atoms with Gasteiger partial charge in [0.15, 0.2) is 0 Å². The minimum absolute atomic E-state index is 0.224. The summed E-state index contributed by atoms with van der Waals surface area (Å²) in [5.41, 5.74) is 3.06. The lowest BCUT2D eigenvalue weighted by molar-refractivity contribution is 0.558. The van der Waals surface area contributed by atoms with E-state index in [4.69, 9.17) is 0 Å². The molecule has 0 fully saturated rings. The van der Waals surface area contributed by atoms with E-state index >= 15 is 0 Å². The maximum atomic E-state index is 3.29. The Balaban J connectivity index is 3.16. The van der Waals surface area contributed by atoms with E-state index in [9.17, 15) is 0 Å². The Kier molecular flexibility index (Phi) is 3.33. The number of benzene rings is 1. The van der Waals surface area contributed by atoms with E-state index in [1.54, 1.807) is 0 Å². The molecule has 0 saturated heterocycles. The molecule has 0 aliphatic carbocycles. The molecule has 1 aromatic rings. The molecule has 0 spiro atoms. The van der Waals surface area contributed by atoms with Crippen molar-refractivity contribution in [3.05, 3.63) is 35.4 Å². The summed E-state index contributed by atoms with van der Waals surface area (Å²) in [5.74, 6) is 0. The van der Waals surface area contributed by atoms with Crippen molar-refractivity contribution in [1.82, 2.24) is 5.32 Å². The fraction of sp³-hybridized carbons (Fsp3) is 0.538. The average molecular weight is 191 g/mol. The highest BCUT2D eigenvalue weighted by molar-refractivity contribution is 5.34. The molecule has 1 unspecified atom stereocenters. The SMILES string of the molecule is CNC(C)c1ccccc1C(C)(C)C. The van der Waals surface area contributed by atoms with Gasteiger partial charge < -0.3 is 5.32 Å². The van der Waals surface area contributed by atoms with Crippen LogP contribution in [-0.4, -0.2) is 7.05 Å². The van der Waals surface area contributed by atoms with Crippen LogP contribution in [0.5, 0.6) is 0 Å². The van der Waals surface area contributed by atoms with Gasteiger partial charge in [0.05, 0.1) is 0 Å². The van der Waals surface area contributed by atoms with E-state index in [0.717, 1.165) is 0 Å². The van der Waals surface area contributed by atoms with Gasteiger partial charge in [0.1, 0.15) is 0 Å². The van der Waals surface area contributed by atoms with Crippen molar-refractivity contribution in [1.29, 1.82) is 0 Å². The van der Waals surface area contributed by atoms with Gasteiger partial charge in [0.2, 0.25) is 0 Å². The number of hydrogen-bond donors (Lipinski definition) is 1. The second-order valence-corrected chi connectivity index (χ2v) is 4.85. The minimum Gasteiger partial charge on any atom is -0.313 e. The molecule has 1 aromatic carbocycles. The Labute approximate surface area is 87.5 Å². The molecule has 14 heavy (non-hydrogen) atoms. The summed E-state index contributed by atoms with van der Waals surface area (Å²) in [6.07, 6.45) is 0. The van der Waals surface area contributed by atoms with Crippen LogP contribution in [0.2, 0.25) is 0 Å². The molecule has 1 heteroatoms. The molecule has 0 saturated carbocycles. The van der Waals surface area contributed by atoms with Crippen LogP contribution < -0.4 is 5.32 Å². The lowest BCUT2D eigenvalue weighted by Gasteiger charge is -2.25. The third kappa shape index (κ3) is 2.36. The Hall–Kier alpha value is -0.820. The molecular weight excluding hydrogens is 170 g/mol. The first-order chi connectivity index (χ1) is 6.46. The number of rotatable bonds is 2. The monoisotopic (exact) mass is 191 g/mol. The van der Waals surface area contributed by atoms with Gasteiger partial charge in [-0.25, -0.2) is 0 Å². The highest BCUT2D eigenvalue weighted by atomic mass is 14.9. The van der Waals surface area contributed by atoms with Crippen LogP contribution in [0.1, 0.15) is 44.9 Å². The Morgan fingerprint density at radius 1 is 1.14 bits per heavy atom. The number of hydrogen-bond acceptors (Lipinski definition) is 1. The normalized spacial score (nSPS) is 14.1. The smallest absolute Gasteiger partial charge is 0.0291 e. The molecule has 0 aliphatic heterocycles. The molecule has 1 N–H and O–H groups in total. The van der Waals surface area contributed by atoms with Gasteiger partial charge in [0.25, 0.3) is 0 Å². The summed E-state index contributed by atoms with van der Waals surface area (Å²) in [6, 6.07) is 9.08. The van der Waals surface area contributed by atoms with Gasteiger partial charge in [-0.15, -0.1) is 0 Å². The summed E-state index contributed by atoms with van der Waals surface area (Å²) in [4.78, 5) is 0. The maximum absolute atomic E-state index is 3.29. The first kappa shape index (κ1) is 11.3. The van der Waals surface area contributed by atoms with Crippen molar-refractivity contribution in [2.45, 2.75) is 39.2 Å². The lowest BCUT2D eigenvalue weighted by atomic mass is 9.82. The first-order valence-corrected chi connectivity index (χ1v) is 5.23. The van der Waals surface area contributed by atoms with Crippen molar-refractivity contribution in [3.8, 4) is 0 Å². The highest BCUT2D eigenvalue weighted by Crippen LogP contribution is 2.29. The van der Waals surface area contributed by atoms with Crippen molar-refractivity contribution in [2.24, 2.45) is 0 Å². The molecule has 0 aliphatic rings. The predicted octanol–water partition coefficient (Wildman–Crippen LogP) is 3.26. The maximum Gasteiger partial charge on any atom is 0.0291 e. The minimum atomic E-state index is 0.224. The number of nitrogens with one attached hydrogen (secondary N) is 1. The van der Waals surface area contributed by atoms with Gasteiger partial charge in [-0.2, -0.15) is 0 Å². The van der Waals surface area contributed by atoms with Crippen LogP contribution in [0.25, 0.3) is 0 Å². The highest BCUT2D eigenvalue weighted by Gasteiger charge is 2.19. The van der Waals surface area contributed by atoms with E-state index in [-0.39, 0.29) is 5.41 Å². The zero-order valence-corrected chi connectivity index (χ0v) is 9.89. The lowest BCUT2D eigenvalue weighted by Crippen LogP contribution is -2.20. The molecule has 1 nitrogen and oxygen atoms in total. The second kappa shape index (κ2) is 4.14. The van der Waals surface area contributed by atoms with Crippen molar-refractivity contribution >= 4 is 0 Å².